The first kappa shape index (κ1) is 12.3. The van der Waals surface area contributed by atoms with Crippen LogP contribution in [0, 0.1) is 18.8 Å². The molecular weight excluding hydrogens is 250 g/mol. The molecule has 1 rings (SSSR count). The average Bonchev–Trinajstić information content (AvgIpc) is 2.17. The molecule has 0 spiro atoms. The lowest BCUT2D eigenvalue weighted by Gasteiger charge is -2.12. The van der Waals surface area contributed by atoms with Crippen molar-refractivity contribution in [2.45, 2.75) is 32.7 Å². The third-order valence-corrected chi connectivity index (χ3v) is 3.00. The van der Waals surface area contributed by atoms with Gasteiger partial charge in [-0.1, -0.05) is 28.1 Å². The first-order chi connectivity index (χ1) is 7.15. The van der Waals surface area contributed by atoms with Crippen molar-refractivity contribution < 1.29 is 0 Å². The lowest BCUT2D eigenvalue weighted by atomic mass is 10.0. The highest BCUT2D eigenvalue weighted by Gasteiger charge is 2.08. The zero-order valence-electron chi connectivity index (χ0n) is 9.18. The Balaban J connectivity index is 2.71. The van der Waals surface area contributed by atoms with Crippen LogP contribution in [-0.2, 0) is 0 Å². The molecule has 1 unspecified atom stereocenters. The number of nitrogens with two attached hydrogens (primary N) is 1. The second-order valence-electron chi connectivity index (χ2n) is 3.60. The highest BCUT2D eigenvalue weighted by Crippen LogP contribution is 2.25. The molecule has 0 bridgehead atoms. The molecule has 15 heavy (non-hydrogen) atoms. The van der Waals surface area contributed by atoms with Gasteiger partial charge in [0, 0.05) is 16.9 Å². The van der Waals surface area contributed by atoms with Crippen molar-refractivity contribution in [3.05, 3.63) is 33.8 Å². The Hall–Kier alpha value is -0.780. The molecule has 2 N–H and O–H groups in total. The Labute approximate surface area is 100 Å². The van der Waals surface area contributed by atoms with Crippen molar-refractivity contribution in [3.8, 4) is 11.8 Å². The van der Waals surface area contributed by atoms with E-state index in [4.69, 9.17) is 5.73 Å². The van der Waals surface area contributed by atoms with Crippen LogP contribution in [0.2, 0.25) is 0 Å². The van der Waals surface area contributed by atoms with E-state index in [0.717, 1.165) is 17.3 Å². The van der Waals surface area contributed by atoms with Crippen LogP contribution in [0.5, 0.6) is 0 Å². The quantitative estimate of drug-likeness (QED) is 0.832. The van der Waals surface area contributed by atoms with E-state index in [-0.39, 0.29) is 6.04 Å². The molecule has 2 heteroatoms. The van der Waals surface area contributed by atoms with Crippen molar-refractivity contribution in [1.82, 2.24) is 0 Å². The topological polar surface area (TPSA) is 26.0 Å². The number of hydrogen-bond donors (Lipinski definition) is 1. The maximum absolute atomic E-state index is 6.09. The van der Waals surface area contributed by atoms with Crippen molar-refractivity contribution in [2.75, 3.05) is 0 Å². The van der Waals surface area contributed by atoms with Gasteiger partial charge in [-0.05, 0) is 37.5 Å². The molecule has 0 saturated heterocycles. The molecule has 0 aliphatic heterocycles. The van der Waals surface area contributed by atoms with Crippen LogP contribution in [0.4, 0.5) is 0 Å². The molecule has 1 aromatic carbocycles. The van der Waals surface area contributed by atoms with Crippen LogP contribution in [0.1, 0.15) is 36.9 Å². The van der Waals surface area contributed by atoms with Crippen LogP contribution in [0.3, 0.4) is 0 Å². The van der Waals surface area contributed by atoms with Gasteiger partial charge in [-0.3, -0.25) is 0 Å². The van der Waals surface area contributed by atoms with Gasteiger partial charge in [0.2, 0.25) is 0 Å². The smallest absolute Gasteiger partial charge is 0.0315 e. The minimum atomic E-state index is 0.0702. The molecule has 0 aromatic heterocycles. The van der Waals surface area contributed by atoms with Crippen LogP contribution >= 0.6 is 15.9 Å². The zero-order valence-corrected chi connectivity index (χ0v) is 10.8. The zero-order chi connectivity index (χ0) is 11.3. The summed E-state index contributed by atoms with van der Waals surface area (Å²) in [4.78, 5) is 0. The maximum atomic E-state index is 6.09. The monoisotopic (exact) mass is 265 g/mol. The molecule has 1 atom stereocenters. The summed E-state index contributed by atoms with van der Waals surface area (Å²) in [7, 11) is 0. The van der Waals surface area contributed by atoms with Gasteiger partial charge in [0.15, 0.2) is 0 Å². The number of rotatable bonds is 3. The summed E-state index contributed by atoms with van der Waals surface area (Å²) >= 11 is 3.54. The Morgan fingerprint density at radius 1 is 1.47 bits per heavy atom. The van der Waals surface area contributed by atoms with E-state index in [1.54, 1.807) is 0 Å². The molecule has 0 amide bonds. The third kappa shape index (κ3) is 3.70. The molecule has 0 fully saturated rings. The third-order valence-electron chi connectivity index (χ3n) is 2.31. The number of halogens is 1. The highest BCUT2D eigenvalue weighted by molar-refractivity contribution is 9.10. The SMILES string of the molecule is CC#CCCC(N)c1ccc(C)cc1Br. The predicted octanol–water partition coefficient (Wildman–Crippen LogP) is 3.56. The fourth-order valence-electron chi connectivity index (χ4n) is 1.44. The minimum Gasteiger partial charge on any atom is -0.324 e. The lowest BCUT2D eigenvalue weighted by molar-refractivity contribution is 0.664. The lowest BCUT2D eigenvalue weighted by Crippen LogP contribution is -2.10. The molecule has 0 aliphatic rings. The fraction of sp³-hybridized carbons (Fsp3) is 0.385. The van der Waals surface area contributed by atoms with Gasteiger partial charge in [0.1, 0.15) is 0 Å². The average molecular weight is 266 g/mol. The van der Waals surface area contributed by atoms with E-state index in [0.29, 0.717) is 0 Å². The Morgan fingerprint density at radius 2 is 2.20 bits per heavy atom. The molecule has 0 aliphatic carbocycles. The molecule has 1 aromatic rings. The van der Waals surface area contributed by atoms with Gasteiger partial charge in [0.05, 0.1) is 0 Å². The van der Waals surface area contributed by atoms with E-state index in [9.17, 15) is 0 Å². The van der Waals surface area contributed by atoms with Crippen LogP contribution in [-0.4, -0.2) is 0 Å². The van der Waals surface area contributed by atoms with Gasteiger partial charge in [0.25, 0.3) is 0 Å². The first-order valence-electron chi connectivity index (χ1n) is 5.06. The number of hydrogen-bond acceptors (Lipinski definition) is 1. The molecule has 80 valence electrons. The van der Waals surface area contributed by atoms with Crippen molar-refractivity contribution in [3.63, 3.8) is 0 Å². The number of aryl methyl sites for hydroxylation is 1. The largest absolute Gasteiger partial charge is 0.324 e. The maximum Gasteiger partial charge on any atom is 0.0315 e. The first-order valence-corrected chi connectivity index (χ1v) is 5.85. The molecule has 0 heterocycles. The van der Waals surface area contributed by atoms with Crippen molar-refractivity contribution >= 4 is 15.9 Å². The van der Waals surface area contributed by atoms with E-state index in [1.165, 1.54) is 11.1 Å². The Bertz CT molecular complexity index is 387. The van der Waals surface area contributed by atoms with Gasteiger partial charge < -0.3 is 5.73 Å². The molecule has 1 nitrogen and oxygen atoms in total. The van der Waals surface area contributed by atoms with Gasteiger partial charge in [-0.15, -0.1) is 11.8 Å². The predicted molar refractivity (Wildman–Crippen MR) is 68.5 cm³/mol. The van der Waals surface area contributed by atoms with Crippen molar-refractivity contribution in [2.24, 2.45) is 5.73 Å². The van der Waals surface area contributed by atoms with Crippen LogP contribution in [0.15, 0.2) is 22.7 Å². The van der Waals surface area contributed by atoms with E-state index in [1.807, 2.05) is 6.92 Å². The molecular formula is C13H16BrN. The van der Waals surface area contributed by atoms with Crippen molar-refractivity contribution in [1.29, 1.82) is 0 Å². The second-order valence-corrected chi connectivity index (χ2v) is 4.45. The summed E-state index contributed by atoms with van der Waals surface area (Å²) in [6.45, 7) is 3.93. The van der Waals surface area contributed by atoms with Gasteiger partial charge >= 0.3 is 0 Å². The second kappa shape index (κ2) is 5.95. The summed E-state index contributed by atoms with van der Waals surface area (Å²) < 4.78 is 1.10. The van der Waals surface area contributed by atoms with Gasteiger partial charge in [-0.2, -0.15) is 0 Å². The minimum absolute atomic E-state index is 0.0702. The Morgan fingerprint density at radius 3 is 2.80 bits per heavy atom. The normalized spacial score (nSPS) is 11.7. The molecule has 0 saturated carbocycles. The van der Waals surface area contributed by atoms with Crippen LogP contribution in [0.25, 0.3) is 0 Å². The summed E-state index contributed by atoms with van der Waals surface area (Å²) in [6, 6.07) is 6.34. The summed E-state index contributed by atoms with van der Waals surface area (Å²) in [5.41, 5.74) is 8.50. The molecule has 0 radical (unpaired) electrons. The summed E-state index contributed by atoms with van der Waals surface area (Å²) in [5.74, 6) is 5.92. The summed E-state index contributed by atoms with van der Waals surface area (Å²) in [5, 5.41) is 0. The van der Waals surface area contributed by atoms with Gasteiger partial charge in [-0.25, -0.2) is 0 Å². The highest BCUT2D eigenvalue weighted by atomic mass is 79.9. The Kier molecular flexibility index (Phi) is 4.87. The van der Waals surface area contributed by atoms with E-state index in [2.05, 4.69) is 52.9 Å². The standard InChI is InChI=1S/C13H16BrN/c1-3-4-5-6-13(15)11-8-7-10(2)9-12(11)14/h7-9,13H,5-6,15H2,1-2H3. The fourth-order valence-corrected chi connectivity index (χ4v) is 2.23. The van der Waals surface area contributed by atoms with E-state index >= 15 is 0 Å². The van der Waals surface area contributed by atoms with E-state index < -0.39 is 0 Å². The van der Waals surface area contributed by atoms with Crippen LogP contribution < -0.4 is 5.73 Å². The number of benzene rings is 1. The summed E-state index contributed by atoms with van der Waals surface area (Å²) in [6.07, 6.45) is 1.76.